The third-order valence-electron chi connectivity index (χ3n) is 5.41. The van der Waals surface area contributed by atoms with E-state index in [9.17, 15) is 14.0 Å². The van der Waals surface area contributed by atoms with Gasteiger partial charge >= 0.3 is 11.7 Å². The number of anilines is 1. The van der Waals surface area contributed by atoms with Crippen molar-refractivity contribution < 1.29 is 9.18 Å². The van der Waals surface area contributed by atoms with Crippen molar-refractivity contribution >= 4 is 17.4 Å². The van der Waals surface area contributed by atoms with Crippen LogP contribution >= 0.6 is 0 Å². The van der Waals surface area contributed by atoms with Crippen LogP contribution in [0.4, 0.5) is 14.9 Å². The molecule has 1 aliphatic carbocycles. The average Bonchev–Trinajstić information content (AvgIpc) is 3.45. The molecular weight excluding hydrogens is 397 g/mol. The third kappa shape index (κ3) is 4.05. The number of nitrogens with one attached hydrogen (secondary N) is 2. The molecular formula is C23H20FN5O2. The molecule has 0 radical (unpaired) electrons. The summed E-state index contributed by atoms with van der Waals surface area (Å²) in [5.41, 5.74) is 2.87. The van der Waals surface area contributed by atoms with E-state index in [1.54, 1.807) is 36.5 Å². The van der Waals surface area contributed by atoms with Gasteiger partial charge in [-0.25, -0.2) is 18.7 Å². The maximum atomic E-state index is 13.1. The summed E-state index contributed by atoms with van der Waals surface area (Å²) in [4.78, 5) is 24.8. The van der Waals surface area contributed by atoms with Crippen molar-refractivity contribution in [1.82, 2.24) is 19.5 Å². The van der Waals surface area contributed by atoms with E-state index in [-0.39, 0.29) is 29.5 Å². The summed E-state index contributed by atoms with van der Waals surface area (Å²) in [6, 6.07) is 18.8. The lowest BCUT2D eigenvalue weighted by atomic mass is 10.1. The van der Waals surface area contributed by atoms with Crippen LogP contribution < -0.4 is 16.3 Å². The van der Waals surface area contributed by atoms with Crippen molar-refractivity contribution in [3.63, 3.8) is 0 Å². The topological polar surface area (TPSA) is 80.4 Å². The van der Waals surface area contributed by atoms with Gasteiger partial charge in [-0.1, -0.05) is 30.3 Å². The average molecular weight is 417 g/mol. The molecule has 31 heavy (non-hydrogen) atoms. The van der Waals surface area contributed by atoms with Gasteiger partial charge in [0.1, 0.15) is 5.82 Å². The molecule has 8 heteroatoms. The normalized spacial score (nSPS) is 17.5. The van der Waals surface area contributed by atoms with E-state index in [4.69, 9.17) is 0 Å². The number of rotatable bonds is 5. The number of aromatic nitrogens is 3. The van der Waals surface area contributed by atoms with Gasteiger partial charge in [-0.3, -0.25) is 4.40 Å². The van der Waals surface area contributed by atoms with E-state index in [2.05, 4.69) is 15.7 Å². The molecule has 0 spiro atoms. The van der Waals surface area contributed by atoms with Crippen molar-refractivity contribution in [2.24, 2.45) is 0 Å². The molecule has 2 aromatic heterocycles. The summed E-state index contributed by atoms with van der Waals surface area (Å²) in [7, 11) is 0. The molecule has 2 amide bonds. The molecule has 0 bridgehead atoms. The fourth-order valence-corrected chi connectivity index (χ4v) is 3.76. The van der Waals surface area contributed by atoms with Crippen LogP contribution in [0, 0.1) is 5.82 Å². The first-order valence-corrected chi connectivity index (χ1v) is 10.0. The molecule has 4 aromatic rings. The van der Waals surface area contributed by atoms with E-state index in [1.807, 2.05) is 24.3 Å². The summed E-state index contributed by atoms with van der Waals surface area (Å²) in [5.74, 6) is -0.0583. The first kappa shape index (κ1) is 19.0. The zero-order valence-electron chi connectivity index (χ0n) is 16.5. The second kappa shape index (κ2) is 7.71. The number of urea groups is 1. The SMILES string of the molecule is O=C(Nc1cccc(Cn2nc3ccccn3c2=O)c1)N[C@@H]1C[C@H]1c1ccc(F)cc1. The summed E-state index contributed by atoms with van der Waals surface area (Å²) in [6.07, 6.45) is 2.51. The molecule has 2 heterocycles. The first-order valence-electron chi connectivity index (χ1n) is 10.0. The van der Waals surface area contributed by atoms with Gasteiger partial charge in [-0.15, -0.1) is 5.10 Å². The summed E-state index contributed by atoms with van der Waals surface area (Å²) in [5, 5.41) is 10.1. The monoisotopic (exact) mass is 417 g/mol. The molecule has 2 aromatic carbocycles. The van der Waals surface area contributed by atoms with Gasteiger partial charge in [0.05, 0.1) is 6.54 Å². The van der Waals surface area contributed by atoms with Gasteiger partial charge in [0.25, 0.3) is 0 Å². The van der Waals surface area contributed by atoms with Crippen LogP contribution in [0.25, 0.3) is 5.65 Å². The molecule has 1 fully saturated rings. The molecule has 2 atom stereocenters. The van der Waals surface area contributed by atoms with E-state index in [0.717, 1.165) is 17.5 Å². The summed E-state index contributed by atoms with van der Waals surface area (Å²) < 4.78 is 15.9. The number of amides is 2. The Morgan fingerprint density at radius 1 is 1.10 bits per heavy atom. The Hall–Kier alpha value is -3.94. The highest BCUT2D eigenvalue weighted by Gasteiger charge is 2.39. The predicted molar refractivity (Wildman–Crippen MR) is 115 cm³/mol. The van der Waals surface area contributed by atoms with Crippen LogP contribution in [0.1, 0.15) is 23.5 Å². The number of carbonyl (C=O) groups excluding carboxylic acids is 1. The Labute approximate surface area is 177 Å². The lowest BCUT2D eigenvalue weighted by molar-refractivity contribution is 0.251. The van der Waals surface area contributed by atoms with Crippen molar-refractivity contribution in [2.75, 3.05) is 5.32 Å². The van der Waals surface area contributed by atoms with Gasteiger partial charge < -0.3 is 10.6 Å². The Morgan fingerprint density at radius 2 is 1.94 bits per heavy atom. The minimum atomic E-state index is -0.295. The molecule has 0 aliphatic heterocycles. The minimum Gasteiger partial charge on any atom is -0.334 e. The van der Waals surface area contributed by atoms with Crippen LogP contribution in [0.2, 0.25) is 0 Å². The lowest BCUT2D eigenvalue weighted by Gasteiger charge is -2.09. The zero-order chi connectivity index (χ0) is 21.4. The second-order valence-corrected chi connectivity index (χ2v) is 7.67. The van der Waals surface area contributed by atoms with Crippen molar-refractivity contribution in [1.29, 1.82) is 0 Å². The van der Waals surface area contributed by atoms with Crippen LogP contribution in [0.3, 0.4) is 0 Å². The number of nitrogens with zero attached hydrogens (tertiary/aromatic N) is 3. The van der Waals surface area contributed by atoms with Crippen LogP contribution in [0.15, 0.2) is 77.7 Å². The fourth-order valence-electron chi connectivity index (χ4n) is 3.76. The number of hydrogen-bond donors (Lipinski definition) is 2. The lowest BCUT2D eigenvalue weighted by Crippen LogP contribution is -2.31. The van der Waals surface area contributed by atoms with Gasteiger partial charge in [0.15, 0.2) is 5.65 Å². The maximum absolute atomic E-state index is 13.1. The molecule has 1 saturated carbocycles. The Balaban J connectivity index is 1.22. The van der Waals surface area contributed by atoms with Crippen LogP contribution in [0.5, 0.6) is 0 Å². The molecule has 0 unspecified atom stereocenters. The van der Waals surface area contributed by atoms with Crippen LogP contribution in [-0.4, -0.2) is 26.3 Å². The number of hydrogen-bond acceptors (Lipinski definition) is 3. The minimum absolute atomic E-state index is 0.0326. The quantitative estimate of drug-likeness (QED) is 0.523. The summed E-state index contributed by atoms with van der Waals surface area (Å²) >= 11 is 0. The largest absolute Gasteiger partial charge is 0.350 e. The number of benzene rings is 2. The molecule has 156 valence electrons. The standard InChI is InChI=1S/C23H20FN5O2/c24-17-9-7-16(8-10-17)19-13-20(19)26-22(30)25-18-5-3-4-15(12-18)14-29-23(31)28-11-2-1-6-21(28)27-29/h1-12,19-20H,13-14H2,(H2,25,26,30)/t19-,20+/m0/s1. The fraction of sp³-hybridized carbons (Fsp3) is 0.174. The molecule has 5 rings (SSSR count). The molecule has 0 saturated heterocycles. The highest BCUT2D eigenvalue weighted by molar-refractivity contribution is 5.89. The maximum Gasteiger partial charge on any atom is 0.350 e. The highest BCUT2D eigenvalue weighted by atomic mass is 19.1. The number of carbonyl (C=O) groups is 1. The van der Waals surface area contributed by atoms with Crippen LogP contribution in [-0.2, 0) is 6.54 Å². The van der Waals surface area contributed by atoms with E-state index in [1.165, 1.54) is 21.2 Å². The van der Waals surface area contributed by atoms with Crippen molar-refractivity contribution in [3.8, 4) is 0 Å². The number of fused-ring (bicyclic) bond motifs is 1. The summed E-state index contributed by atoms with van der Waals surface area (Å²) in [6.45, 7) is 0.299. The highest BCUT2D eigenvalue weighted by Crippen LogP contribution is 2.40. The van der Waals surface area contributed by atoms with Gasteiger partial charge in [0, 0.05) is 23.8 Å². The van der Waals surface area contributed by atoms with E-state index < -0.39 is 0 Å². The van der Waals surface area contributed by atoms with Gasteiger partial charge in [0.2, 0.25) is 0 Å². The Kier molecular flexibility index (Phi) is 4.74. The third-order valence-corrected chi connectivity index (χ3v) is 5.41. The molecule has 1 aliphatic rings. The predicted octanol–water partition coefficient (Wildman–Crippen LogP) is 3.36. The van der Waals surface area contributed by atoms with E-state index >= 15 is 0 Å². The second-order valence-electron chi connectivity index (χ2n) is 7.67. The number of pyridine rings is 1. The first-order chi connectivity index (χ1) is 15.1. The molecule has 2 N–H and O–H groups in total. The Morgan fingerprint density at radius 3 is 2.74 bits per heavy atom. The van der Waals surface area contributed by atoms with E-state index in [0.29, 0.717) is 17.9 Å². The van der Waals surface area contributed by atoms with Crippen molar-refractivity contribution in [3.05, 3.63) is 100 Å². The van der Waals surface area contributed by atoms with Gasteiger partial charge in [-0.2, -0.15) is 0 Å². The Bertz CT molecular complexity index is 1310. The zero-order valence-corrected chi connectivity index (χ0v) is 16.5. The van der Waals surface area contributed by atoms with Crippen molar-refractivity contribution in [2.45, 2.75) is 24.9 Å². The molecule has 7 nitrogen and oxygen atoms in total. The number of halogens is 1. The van der Waals surface area contributed by atoms with Gasteiger partial charge in [-0.05, 0) is 53.9 Å². The smallest absolute Gasteiger partial charge is 0.334 e.